The number of hydrogen-bond acceptors (Lipinski definition) is 5. The molecule has 0 atom stereocenters. The first-order valence-corrected chi connectivity index (χ1v) is 7.67. The highest BCUT2D eigenvalue weighted by atomic mass is 127. The van der Waals surface area contributed by atoms with Crippen molar-refractivity contribution in [3.05, 3.63) is 45.3 Å². The third kappa shape index (κ3) is 3.68. The summed E-state index contributed by atoms with van der Waals surface area (Å²) in [6, 6.07) is 7.11. The zero-order valence-electron chi connectivity index (χ0n) is 11.9. The van der Waals surface area contributed by atoms with E-state index in [1.165, 1.54) is 0 Å². The Kier molecular flexibility index (Phi) is 5.10. The Bertz CT molecular complexity index is 611. The van der Waals surface area contributed by atoms with E-state index in [4.69, 9.17) is 18.7 Å². The number of aliphatic hydroxyl groups is 1. The van der Waals surface area contributed by atoms with Gasteiger partial charge in [0.05, 0.1) is 12.0 Å². The number of rotatable bonds is 6. The molecule has 0 aromatic carbocycles. The zero-order valence-corrected chi connectivity index (χ0v) is 14.0. The van der Waals surface area contributed by atoms with Crippen LogP contribution in [-0.2, 0) is 10.2 Å². The van der Waals surface area contributed by atoms with Gasteiger partial charge in [0.15, 0.2) is 3.77 Å². The van der Waals surface area contributed by atoms with Gasteiger partial charge in [0, 0.05) is 13.0 Å². The second kappa shape index (κ2) is 6.65. The molecule has 21 heavy (non-hydrogen) atoms. The highest BCUT2D eigenvalue weighted by Crippen LogP contribution is 2.34. The second-order valence-corrected chi connectivity index (χ2v) is 6.17. The van der Waals surface area contributed by atoms with Gasteiger partial charge in [-0.05, 0) is 60.7 Å². The largest absolute Gasteiger partial charge is 0.460 e. The number of carbonyl (C=O) groups excluding carboxylic acids is 1. The summed E-state index contributed by atoms with van der Waals surface area (Å²) in [6.07, 6.45) is 0.412. The summed E-state index contributed by atoms with van der Waals surface area (Å²) in [4.78, 5) is 11.8. The van der Waals surface area contributed by atoms with Crippen LogP contribution in [0.1, 0.15) is 42.3 Å². The van der Waals surface area contributed by atoms with Gasteiger partial charge < -0.3 is 18.7 Å². The normalized spacial score (nSPS) is 11.6. The van der Waals surface area contributed by atoms with Crippen LogP contribution in [0.5, 0.6) is 0 Å². The Labute approximate surface area is 136 Å². The SMILES string of the molecule is CC(C)(c1ccc(I)o1)c1ccc(C(=O)OCCCO)o1. The predicted molar refractivity (Wildman–Crippen MR) is 84.2 cm³/mol. The van der Waals surface area contributed by atoms with E-state index in [1.807, 2.05) is 26.0 Å². The maximum Gasteiger partial charge on any atom is 0.374 e. The van der Waals surface area contributed by atoms with Crippen molar-refractivity contribution in [3.63, 3.8) is 0 Å². The Morgan fingerprint density at radius 1 is 1.24 bits per heavy atom. The lowest BCUT2D eigenvalue weighted by Crippen LogP contribution is -2.17. The van der Waals surface area contributed by atoms with Crippen LogP contribution in [0.25, 0.3) is 0 Å². The second-order valence-electron chi connectivity index (χ2n) is 5.11. The van der Waals surface area contributed by atoms with Gasteiger partial charge in [0.25, 0.3) is 0 Å². The molecule has 114 valence electrons. The molecule has 2 aromatic rings. The first-order valence-electron chi connectivity index (χ1n) is 6.59. The average Bonchev–Trinajstić information content (AvgIpc) is 3.08. The van der Waals surface area contributed by atoms with Crippen LogP contribution in [-0.4, -0.2) is 24.3 Å². The molecule has 0 bridgehead atoms. The number of halogens is 1. The third-order valence-electron chi connectivity index (χ3n) is 3.15. The van der Waals surface area contributed by atoms with Crippen molar-refractivity contribution < 1.29 is 23.5 Å². The molecule has 0 saturated carbocycles. The van der Waals surface area contributed by atoms with Crippen molar-refractivity contribution in [1.82, 2.24) is 0 Å². The van der Waals surface area contributed by atoms with Gasteiger partial charge >= 0.3 is 5.97 Å². The summed E-state index contributed by atoms with van der Waals surface area (Å²) in [5.41, 5.74) is -0.479. The number of ether oxygens (including phenoxy) is 1. The van der Waals surface area contributed by atoms with Crippen LogP contribution in [0, 0.1) is 3.77 Å². The van der Waals surface area contributed by atoms with Crippen molar-refractivity contribution in [3.8, 4) is 0 Å². The summed E-state index contributed by atoms with van der Waals surface area (Å²) < 4.78 is 17.0. The molecule has 0 unspecified atom stereocenters. The van der Waals surface area contributed by atoms with E-state index in [9.17, 15) is 4.79 Å². The van der Waals surface area contributed by atoms with Gasteiger partial charge in [-0.3, -0.25) is 0 Å². The molecule has 0 amide bonds. The zero-order chi connectivity index (χ0) is 15.5. The van der Waals surface area contributed by atoms with Crippen LogP contribution in [0.15, 0.2) is 33.1 Å². The van der Waals surface area contributed by atoms with Gasteiger partial charge in [-0.1, -0.05) is 0 Å². The highest BCUT2D eigenvalue weighted by Gasteiger charge is 2.31. The molecule has 2 rings (SSSR count). The van der Waals surface area contributed by atoms with Gasteiger partial charge in [0.1, 0.15) is 11.5 Å². The van der Waals surface area contributed by atoms with E-state index in [0.29, 0.717) is 12.2 Å². The Morgan fingerprint density at radius 2 is 1.90 bits per heavy atom. The molecule has 0 spiro atoms. The molecule has 2 aromatic heterocycles. The predicted octanol–water partition coefficient (Wildman–Crippen LogP) is 3.34. The van der Waals surface area contributed by atoms with Crippen LogP contribution < -0.4 is 0 Å². The summed E-state index contributed by atoms with van der Waals surface area (Å²) in [6.45, 7) is 4.08. The maximum absolute atomic E-state index is 11.8. The molecule has 0 radical (unpaired) electrons. The molecule has 0 aliphatic carbocycles. The molecular formula is C15H17IO5. The fourth-order valence-electron chi connectivity index (χ4n) is 1.86. The van der Waals surface area contributed by atoms with E-state index < -0.39 is 11.4 Å². The smallest absolute Gasteiger partial charge is 0.374 e. The molecule has 0 aliphatic heterocycles. The molecule has 5 nitrogen and oxygen atoms in total. The standard InChI is InChI=1S/C15H17IO5/c1-15(2,12-6-7-13(16)21-12)11-5-4-10(20-11)14(18)19-9-3-8-17/h4-7,17H,3,8-9H2,1-2H3. The summed E-state index contributed by atoms with van der Waals surface area (Å²) in [5.74, 6) is 1.01. The van der Waals surface area contributed by atoms with E-state index >= 15 is 0 Å². The third-order valence-corrected chi connectivity index (χ3v) is 3.73. The Balaban J connectivity index is 2.13. The molecule has 6 heteroatoms. The van der Waals surface area contributed by atoms with Gasteiger partial charge in [-0.2, -0.15) is 0 Å². The number of carbonyl (C=O) groups is 1. The van der Waals surface area contributed by atoms with Crippen LogP contribution in [0.2, 0.25) is 0 Å². The number of aliphatic hydroxyl groups excluding tert-OH is 1. The topological polar surface area (TPSA) is 72.8 Å². The lowest BCUT2D eigenvalue weighted by Gasteiger charge is -2.18. The van der Waals surface area contributed by atoms with E-state index in [1.54, 1.807) is 12.1 Å². The van der Waals surface area contributed by atoms with Crippen molar-refractivity contribution in [1.29, 1.82) is 0 Å². The number of esters is 1. The average molecular weight is 404 g/mol. The fraction of sp³-hybridized carbons (Fsp3) is 0.400. The van der Waals surface area contributed by atoms with Crippen molar-refractivity contribution in [2.24, 2.45) is 0 Å². The van der Waals surface area contributed by atoms with Gasteiger partial charge in [-0.25, -0.2) is 4.79 Å². The molecule has 0 saturated heterocycles. The first-order chi connectivity index (χ1) is 9.95. The minimum absolute atomic E-state index is 0.0131. The van der Waals surface area contributed by atoms with Crippen molar-refractivity contribution in [2.75, 3.05) is 13.2 Å². The Hall–Kier alpha value is -1.28. The summed E-state index contributed by atoms with van der Waals surface area (Å²) >= 11 is 2.10. The maximum atomic E-state index is 11.8. The first kappa shape index (κ1) is 16.1. The highest BCUT2D eigenvalue weighted by molar-refractivity contribution is 14.1. The molecule has 0 fully saturated rings. The lowest BCUT2D eigenvalue weighted by molar-refractivity contribution is 0.0442. The van der Waals surface area contributed by atoms with Crippen molar-refractivity contribution >= 4 is 28.6 Å². The van der Waals surface area contributed by atoms with E-state index in [2.05, 4.69) is 22.6 Å². The molecule has 0 aliphatic rings. The van der Waals surface area contributed by atoms with Crippen LogP contribution in [0.3, 0.4) is 0 Å². The van der Waals surface area contributed by atoms with Crippen LogP contribution in [0.4, 0.5) is 0 Å². The molecular weight excluding hydrogens is 387 g/mol. The lowest BCUT2D eigenvalue weighted by atomic mass is 9.87. The Morgan fingerprint density at radius 3 is 2.52 bits per heavy atom. The number of hydrogen-bond donors (Lipinski definition) is 1. The summed E-state index contributed by atoms with van der Waals surface area (Å²) in [5, 5.41) is 8.66. The van der Waals surface area contributed by atoms with Gasteiger partial charge in [-0.15, -0.1) is 0 Å². The molecule has 2 heterocycles. The fourth-order valence-corrected chi connectivity index (χ4v) is 2.27. The number of furan rings is 2. The van der Waals surface area contributed by atoms with Gasteiger partial charge in [0.2, 0.25) is 5.76 Å². The van der Waals surface area contributed by atoms with Crippen LogP contribution >= 0.6 is 22.6 Å². The quantitative estimate of drug-likeness (QED) is 0.454. The molecule has 1 N–H and O–H groups in total. The summed E-state index contributed by atoms with van der Waals surface area (Å²) in [7, 11) is 0. The van der Waals surface area contributed by atoms with E-state index in [0.717, 1.165) is 9.53 Å². The monoisotopic (exact) mass is 404 g/mol. The minimum atomic E-state index is -0.528. The van der Waals surface area contributed by atoms with E-state index in [-0.39, 0.29) is 19.0 Å². The minimum Gasteiger partial charge on any atom is -0.460 e. The van der Waals surface area contributed by atoms with Crippen molar-refractivity contribution in [2.45, 2.75) is 25.7 Å².